The van der Waals surface area contributed by atoms with Gasteiger partial charge in [0, 0.05) is 27.5 Å². The highest BCUT2D eigenvalue weighted by Crippen LogP contribution is 2.38. The summed E-state index contributed by atoms with van der Waals surface area (Å²) in [5, 5.41) is 6.57. The Labute approximate surface area is 267 Å². The average molecular weight is 587 g/mol. The summed E-state index contributed by atoms with van der Waals surface area (Å²) >= 11 is 0. The number of benzene rings is 7. The van der Waals surface area contributed by atoms with Crippen molar-refractivity contribution in [3.05, 3.63) is 164 Å². The van der Waals surface area contributed by atoms with Crippen LogP contribution in [0, 0.1) is 0 Å². The smallest absolute Gasteiger partial charge is 0.160 e. The van der Waals surface area contributed by atoms with Crippen LogP contribution in [-0.2, 0) is 0 Å². The molecule has 9 rings (SSSR count). The minimum absolute atomic E-state index is 0.414. The van der Waals surface area contributed by atoms with Crippen LogP contribution in [0.5, 0.6) is 0 Å². The third-order valence-electron chi connectivity index (χ3n) is 8.76. The van der Waals surface area contributed by atoms with E-state index in [1.165, 1.54) is 27.1 Å². The summed E-state index contributed by atoms with van der Waals surface area (Å²) in [5.41, 5.74) is 8.29. The van der Waals surface area contributed by atoms with Crippen LogP contribution in [0.4, 0.5) is 0 Å². The summed E-state index contributed by atoms with van der Waals surface area (Å²) < 4.78 is 9.04. The molecule has 214 valence electrons. The summed E-state index contributed by atoms with van der Waals surface area (Å²) in [6.45, 7) is 0. The highest BCUT2D eigenvalue weighted by Gasteiger charge is 2.16. The van der Waals surface area contributed by atoms with E-state index in [4.69, 9.17) is 16.3 Å². The summed E-state index contributed by atoms with van der Waals surface area (Å²) in [4.78, 5) is 15.3. The molecule has 0 aliphatic carbocycles. The van der Waals surface area contributed by atoms with Gasteiger partial charge in [-0.25, -0.2) is 15.0 Å². The fraction of sp³-hybridized carbons (Fsp3) is 0. The molecule has 0 saturated heterocycles. The van der Waals surface area contributed by atoms with Crippen molar-refractivity contribution >= 4 is 43.4 Å². The van der Waals surface area contributed by atoms with E-state index in [1.807, 2.05) is 66.7 Å². The van der Waals surface area contributed by atoms with Crippen LogP contribution in [0.25, 0.3) is 88.4 Å². The van der Waals surface area contributed by atoms with Gasteiger partial charge in [0.05, 0.1) is 18.3 Å². The minimum Gasteiger partial charge on any atom is -0.245 e. The highest BCUT2D eigenvalue weighted by molar-refractivity contribution is 6.13. The van der Waals surface area contributed by atoms with Gasteiger partial charge >= 0.3 is 0 Å². The zero-order valence-electron chi connectivity index (χ0n) is 25.9. The highest BCUT2D eigenvalue weighted by atomic mass is 14.9. The molecule has 3 heteroatoms. The number of nitrogens with zero attached hydrogens (tertiary/aromatic N) is 3. The second-order valence-corrected chi connectivity index (χ2v) is 11.5. The van der Waals surface area contributed by atoms with E-state index < -0.39 is 0 Å². The SMILES string of the molecule is [2H]c1cc(-c2ccc(-c3c4ccccc4cc4ccccc34)cc2)nc2c1ccc1c(-c3ccccc3)nc(-c3ccccc3)nc12. The summed E-state index contributed by atoms with van der Waals surface area (Å²) in [5.74, 6) is 0.634. The molecule has 0 N–H and O–H groups in total. The Morgan fingerprint density at radius 1 is 0.391 bits per heavy atom. The molecule has 9 aromatic rings. The van der Waals surface area contributed by atoms with Gasteiger partial charge in [0.2, 0.25) is 0 Å². The van der Waals surface area contributed by atoms with Gasteiger partial charge in [-0.15, -0.1) is 0 Å². The second-order valence-electron chi connectivity index (χ2n) is 11.5. The molecule has 46 heavy (non-hydrogen) atoms. The van der Waals surface area contributed by atoms with E-state index in [0.717, 1.165) is 49.9 Å². The first-order valence-electron chi connectivity index (χ1n) is 16.0. The Morgan fingerprint density at radius 3 is 1.70 bits per heavy atom. The molecule has 3 nitrogen and oxygen atoms in total. The average Bonchev–Trinajstić information content (AvgIpc) is 3.14. The van der Waals surface area contributed by atoms with E-state index in [1.54, 1.807) is 0 Å². The van der Waals surface area contributed by atoms with E-state index in [0.29, 0.717) is 17.4 Å². The van der Waals surface area contributed by atoms with Crippen LogP contribution in [0.15, 0.2) is 164 Å². The zero-order chi connectivity index (χ0) is 31.3. The van der Waals surface area contributed by atoms with Crippen molar-refractivity contribution in [2.45, 2.75) is 0 Å². The lowest BCUT2D eigenvalue weighted by molar-refractivity contribution is 1.23. The molecule has 0 radical (unpaired) electrons. The van der Waals surface area contributed by atoms with Crippen LogP contribution in [0.1, 0.15) is 1.37 Å². The maximum absolute atomic E-state index is 9.04. The van der Waals surface area contributed by atoms with E-state index in [9.17, 15) is 0 Å². The van der Waals surface area contributed by atoms with Gasteiger partial charge in [0.25, 0.3) is 0 Å². The van der Waals surface area contributed by atoms with Crippen LogP contribution < -0.4 is 0 Å². The molecule has 0 unspecified atom stereocenters. The van der Waals surface area contributed by atoms with Gasteiger partial charge in [-0.05, 0) is 50.9 Å². The maximum Gasteiger partial charge on any atom is 0.160 e. The van der Waals surface area contributed by atoms with Crippen LogP contribution in [0.2, 0.25) is 0 Å². The normalized spacial score (nSPS) is 11.8. The molecule has 0 saturated carbocycles. The fourth-order valence-electron chi connectivity index (χ4n) is 6.52. The summed E-state index contributed by atoms with van der Waals surface area (Å²) in [7, 11) is 0. The first kappa shape index (κ1) is 25.2. The van der Waals surface area contributed by atoms with Crippen LogP contribution in [0.3, 0.4) is 0 Å². The Kier molecular flexibility index (Phi) is 5.89. The third kappa shape index (κ3) is 4.41. The molecular weight excluding hydrogens is 558 g/mol. The van der Waals surface area contributed by atoms with Gasteiger partial charge in [0.1, 0.15) is 5.52 Å². The molecular formula is C43H27N3. The molecule has 2 aromatic heterocycles. The summed E-state index contributed by atoms with van der Waals surface area (Å²) in [6.07, 6.45) is 0. The van der Waals surface area contributed by atoms with Crippen LogP contribution in [-0.4, -0.2) is 15.0 Å². The maximum atomic E-state index is 9.04. The van der Waals surface area contributed by atoms with Crippen molar-refractivity contribution in [2.75, 3.05) is 0 Å². The number of pyridine rings is 1. The Bertz CT molecular complexity index is 2560. The summed E-state index contributed by atoms with van der Waals surface area (Å²) in [6, 6.07) is 54.5. The standard InChI is InChI=1S/C43H27N3/c1-3-11-30(12-4-1)40-37-25-23-31-24-26-38(44-41(31)42(37)46-43(45-40)32-13-5-2-6-14-32)28-19-21-29(22-20-28)39-35-17-9-7-15-33(35)27-34-16-8-10-18-36(34)39/h1-27H/i24D. The zero-order valence-corrected chi connectivity index (χ0v) is 24.9. The number of fused-ring (bicyclic) bond motifs is 5. The quantitative estimate of drug-likeness (QED) is 0.152. The molecule has 0 aliphatic heterocycles. The second kappa shape index (κ2) is 10.8. The molecule has 2 heterocycles. The first-order valence-corrected chi connectivity index (χ1v) is 15.5. The predicted octanol–water partition coefficient (Wildman–Crippen LogP) is 11.2. The van der Waals surface area contributed by atoms with E-state index in [-0.39, 0.29) is 0 Å². The number of aromatic nitrogens is 3. The molecule has 0 bridgehead atoms. The number of rotatable bonds is 4. The topological polar surface area (TPSA) is 38.7 Å². The molecule has 0 amide bonds. The van der Waals surface area contributed by atoms with Gasteiger partial charge in [-0.2, -0.15) is 0 Å². The molecule has 0 atom stereocenters. The molecule has 0 aliphatic rings. The Hall–Kier alpha value is -6.19. The predicted molar refractivity (Wildman–Crippen MR) is 192 cm³/mol. The lowest BCUT2D eigenvalue weighted by Crippen LogP contribution is -1.97. The van der Waals surface area contributed by atoms with Crippen molar-refractivity contribution in [2.24, 2.45) is 0 Å². The van der Waals surface area contributed by atoms with Crippen molar-refractivity contribution in [1.82, 2.24) is 15.0 Å². The van der Waals surface area contributed by atoms with Crippen molar-refractivity contribution in [3.63, 3.8) is 0 Å². The van der Waals surface area contributed by atoms with Crippen molar-refractivity contribution < 1.29 is 1.37 Å². The lowest BCUT2D eigenvalue weighted by atomic mass is 9.91. The largest absolute Gasteiger partial charge is 0.245 e. The van der Waals surface area contributed by atoms with Crippen molar-refractivity contribution in [3.8, 4) is 45.0 Å². The molecule has 0 spiro atoms. The first-order chi connectivity index (χ1) is 23.2. The molecule has 0 fully saturated rings. The van der Waals surface area contributed by atoms with Gasteiger partial charge in [-0.1, -0.05) is 146 Å². The van der Waals surface area contributed by atoms with Gasteiger partial charge < -0.3 is 0 Å². The number of hydrogen-bond acceptors (Lipinski definition) is 3. The molecule has 7 aromatic carbocycles. The van der Waals surface area contributed by atoms with E-state index >= 15 is 0 Å². The number of hydrogen-bond donors (Lipinski definition) is 0. The third-order valence-corrected chi connectivity index (χ3v) is 8.76. The Balaban J connectivity index is 1.23. The van der Waals surface area contributed by atoms with Gasteiger partial charge in [0.15, 0.2) is 5.82 Å². The van der Waals surface area contributed by atoms with E-state index in [2.05, 4.69) is 91.0 Å². The van der Waals surface area contributed by atoms with Gasteiger partial charge in [-0.3, -0.25) is 0 Å². The van der Waals surface area contributed by atoms with Crippen molar-refractivity contribution in [1.29, 1.82) is 0 Å². The monoisotopic (exact) mass is 586 g/mol. The Morgan fingerprint density at radius 2 is 1.00 bits per heavy atom. The minimum atomic E-state index is 0.414. The fourth-order valence-corrected chi connectivity index (χ4v) is 6.52. The lowest BCUT2D eigenvalue weighted by Gasteiger charge is -2.13. The van der Waals surface area contributed by atoms with Crippen LogP contribution >= 0.6 is 0 Å².